The Balaban J connectivity index is -0.000000188. The van der Waals surface area contributed by atoms with Crippen LogP contribution in [-0.4, -0.2) is 24.9 Å². The molecule has 0 spiro atoms. The molecule has 0 aliphatic heterocycles. The number of amides is 2. The predicted molar refractivity (Wildman–Crippen MR) is 70.1 cm³/mol. The van der Waals surface area contributed by atoms with E-state index in [9.17, 15) is 9.59 Å². The topological polar surface area (TPSA) is 62.3 Å². The van der Waals surface area contributed by atoms with Crippen LogP contribution >= 0.6 is 18.6 Å². The van der Waals surface area contributed by atoms with Crippen molar-refractivity contribution in [3.8, 4) is 0 Å². The molecule has 0 radical (unpaired) electrons. The van der Waals surface area contributed by atoms with E-state index in [0.29, 0.717) is 25.9 Å². The number of rotatable bonds is 4. The summed E-state index contributed by atoms with van der Waals surface area (Å²) in [5.74, 6) is 0.00463. The average molecular weight is 319 g/mol. The zero-order chi connectivity index (χ0) is 14.1. The molecule has 0 aliphatic carbocycles. The molecule has 0 atom stereocenters. The molecule has 0 aliphatic rings. The summed E-state index contributed by atoms with van der Waals surface area (Å²) in [6, 6.07) is 0. The van der Waals surface area contributed by atoms with E-state index in [0.717, 1.165) is 0 Å². The van der Waals surface area contributed by atoms with Gasteiger partial charge in [-0.2, -0.15) is 0 Å². The van der Waals surface area contributed by atoms with Gasteiger partial charge in [0.1, 0.15) is 0 Å². The fraction of sp³-hybridized carbons (Fsp3) is 0.800. The van der Waals surface area contributed by atoms with Crippen LogP contribution < -0.4 is 0 Å². The third kappa shape index (κ3) is 31.4. The third-order valence-electron chi connectivity index (χ3n) is 1.27. The summed E-state index contributed by atoms with van der Waals surface area (Å²) < 4.78 is 0. The second kappa shape index (κ2) is 21.5. The van der Waals surface area contributed by atoms with Crippen molar-refractivity contribution >= 4 is 30.4 Å². The molecule has 0 N–H and O–H groups in total. The van der Waals surface area contributed by atoms with Crippen LogP contribution in [0.2, 0.25) is 0 Å². The Bertz CT molecular complexity index is 166. The van der Waals surface area contributed by atoms with Crippen LogP contribution in [0.25, 0.3) is 10.6 Å². The molecule has 0 saturated heterocycles. The van der Waals surface area contributed by atoms with Gasteiger partial charge in [0.2, 0.25) is 0 Å². The normalized spacial score (nSPS) is 7.65. The van der Waals surface area contributed by atoms with Crippen molar-refractivity contribution in [2.24, 2.45) is 0 Å². The summed E-state index contributed by atoms with van der Waals surface area (Å²) in [5, 5.41) is 7.21. The molecule has 0 aromatic rings. The van der Waals surface area contributed by atoms with E-state index >= 15 is 0 Å². The Hall–Kier alpha value is 0.234. The molecule has 0 rings (SSSR count). The van der Waals surface area contributed by atoms with Crippen LogP contribution in [0.15, 0.2) is 0 Å². The minimum atomic E-state index is -0.556. The summed E-state index contributed by atoms with van der Waals surface area (Å²) in [5.41, 5.74) is 0. The van der Waals surface area contributed by atoms with Gasteiger partial charge in [-0.1, -0.05) is 27.7 Å². The van der Waals surface area contributed by atoms with Gasteiger partial charge in [0.15, 0.2) is 0 Å². The van der Waals surface area contributed by atoms with Crippen molar-refractivity contribution in [3.63, 3.8) is 0 Å². The molecular weight excluding hydrogens is 299 g/mol. The van der Waals surface area contributed by atoms with Gasteiger partial charge in [0.25, 0.3) is 0 Å². The zero-order valence-corrected chi connectivity index (χ0v) is 13.9. The van der Waals surface area contributed by atoms with E-state index in [1.807, 2.05) is 27.7 Å². The van der Waals surface area contributed by atoms with Crippen molar-refractivity contribution < 1.29 is 26.6 Å². The van der Waals surface area contributed by atoms with Crippen molar-refractivity contribution in [2.45, 2.75) is 40.5 Å². The van der Waals surface area contributed by atoms with Crippen LogP contribution in [0.1, 0.15) is 40.5 Å². The van der Waals surface area contributed by atoms with Crippen molar-refractivity contribution in [2.75, 3.05) is 13.1 Å². The fourth-order valence-electron chi connectivity index (χ4n) is 0.576. The van der Waals surface area contributed by atoms with E-state index in [2.05, 4.69) is 10.6 Å². The number of carbonyl (C=O) groups excluding carboxylic acids is 2. The number of hydrogen-bond acceptors (Lipinski definition) is 2. The quantitative estimate of drug-likeness (QED) is 0.735. The zero-order valence-electron chi connectivity index (χ0n) is 10.8. The second-order valence-corrected chi connectivity index (χ2v) is 5.09. The Morgan fingerprint density at radius 2 is 1.12 bits per heavy atom. The first kappa shape index (κ1) is 22.4. The number of carbonyl (C=O) groups is 2. The standard InChI is InChI=1S/2C5H11NO.2ClH.Ti/c2*1-3-5(7)6-4-2;;;/h2*3-4H2,1-2H3,(H,6,7);2*1H;/q;;;;+2/p-4. The average Bonchev–Trinajstić information content (AvgIpc) is 2.31. The molecule has 2 amide bonds. The van der Waals surface area contributed by atoms with E-state index in [1.54, 1.807) is 0 Å². The molecule has 0 aromatic carbocycles. The van der Waals surface area contributed by atoms with Gasteiger partial charge in [0, 0.05) is 0 Å². The van der Waals surface area contributed by atoms with Gasteiger partial charge in [-0.25, -0.2) is 0 Å². The summed E-state index contributed by atoms with van der Waals surface area (Å²) in [4.78, 5) is 20.5. The monoisotopic (exact) mass is 318 g/mol. The molecule has 0 aromatic heterocycles. The molecular formula is C10H20Cl2N2O2Ti-2. The van der Waals surface area contributed by atoms with Gasteiger partial charge in [-0.05, 0) is 12.8 Å². The van der Waals surface area contributed by atoms with Crippen LogP contribution in [-0.2, 0) is 26.6 Å². The van der Waals surface area contributed by atoms with Crippen LogP contribution in [0.4, 0.5) is 0 Å². The van der Waals surface area contributed by atoms with Crippen molar-refractivity contribution in [1.82, 2.24) is 0 Å². The molecule has 102 valence electrons. The van der Waals surface area contributed by atoms with Crippen LogP contribution in [0.3, 0.4) is 0 Å². The molecule has 0 bridgehead atoms. The van der Waals surface area contributed by atoms with Crippen molar-refractivity contribution in [1.29, 1.82) is 0 Å². The summed E-state index contributed by atoms with van der Waals surface area (Å²) >= 11 is -0.556. The Kier molecular flexibility index (Phi) is 28.4. The summed E-state index contributed by atoms with van der Waals surface area (Å²) in [6.45, 7) is 8.56. The van der Waals surface area contributed by atoms with Gasteiger partial charge >= 0.3 is 35.6 Å². The van der Waals surface area contributed by atoms with E-state index in [-0.39, 0.29) is 11.8 Å². The van der Waals surface area contributed by atoms with E-state index in [1.165, 1.54) is 0 Å². The van der Waals surface area contributed by atoms with Gasteiger partial charge in [-0.3, -0.25) is 0 Å². The fourth-order valence-corrected chi connectivity index (χ4v) is 0.576. The molecule has 7 heteroatoms. The molecule has 17 heavy (non-hydrogen) atoms. The maximum absolute atomic E-state index is 10.2. The third-order valence-corrected chi connectivity index (χ3v) is 1.27. The molecule has 4 nitrogen and oxygen atoms in total. The summed E-state index contributed by atoms with van der Waals surface area (Å²) in [7, 11) is 9.78. The first-order valence-electron chi connectivity index (χ1n) is 5.40. The second-order valence-electron chi connectivity index (χ2n) is 2.51. The molecule has 0 heterocycles. The summed E-state index contributed by atoms with van der Waals surface area (Å²) in [6.07, 6.45) is 1.07. The van der Waals surface area contributed by atoms with Gasteiger partial charge in [0.05, 0.1) is 11.8 Å². The Morgan fingerprint density at radius 1 is 0.882 bits per heavy atom. The first-order chi connectivity index (χ1) is 8.03. The molecule has 0 unspecified atom stereocenters. The SMILES string of the molecule is CC[N-]C(=O)CC.CC[N-]C(=O)CC.[Cl][Ti][Cl]. The molecule has 0 saturated carbocycles. The maximum atomic E-state index is 10.2. The minimum absolute atomic E-state index is 0.00231. The number of nitrogens with zero attached hydrogens (tertiary/aromatic N) is 2. The van der Waals surface area contributed by atoms with Gasteiger partial charge in [-0.15, -0.1) is 13.1 Å². The number of hydrogen-bond donors (Lipinski definition) is 0. The Morgan fingerprint density at radius 3 is 1.18 bits per heavy atom. The van der Waals surface area contributed by atoms with E-state index in [4.69, 9.17) is 18.6 Å². The predicted octanol–water partition coefficient (Wildman–Crippen LogP) is 4.01. The molecule has 0 fully saturated rings. The Labute approximate surface area is 121 Å². The van der Waals surface area contributed by atoms with Crippen LogP contribution in [0.5, 0.6) is 0 Å². The number of halogens is 2. The van der Waals surface area contributed by atoms with Crippen molar-refractivity contribution in [3.05, 3.63) is 10.6 Å². The van der Waals surface area contributed by atoms with E-state index < -0.39 is 17.0 Å². The van der Waals surface area contributed by atoms with Gasteiger partial charge < -0.3 is 20.2 Å². The first-order valence-corrected chi connectivity index (χ1v) is 9.70. The van der Waals surface area contributed by atoms with Crippen LogP contribution in [0, 0.1) is 0 Å².